The van der Waals surface area contributed by atoms with Gasteiger partial charge in [-0.2, -0.15) is 0 Å². The van der Waals surface area contributed by atoms with Crippen molar-refractivity contribution in [2.24, 2.45) is 11.5 Å². The number of carboxylic acids is 2. The largest absolute Gasteiger partial charge is 0.481 e. The van der Waals surface area contributed by atoms with E-state index in [0.717, 1.165) is 16.5 Å². The highest BCUT2D eigenvalue weighted by atomic mass is 16.4. The van der Waals surface area contributed by atoms with Gasteiger partial charge in [0.2, 0.25) is 23.6 Å². The van der Waals surface area contributed by atoms with Crippen LogP contribution in [0.3, 0.4) is 0 Å². The van der Waals surface area contributed by atoms with Gasteiger partial charge in [0, 0.05) is 36.4 Å². The van der Waals surface area contributed by atoms with Crippen LogP contribution in [-0.4, -0.2) is 74.9 Å². The van der Waals surface area contributed by atoms with E-state index in [1.807, 2.05) is 18.2 Å². The number of aromatic amines is 1. The SMILES string of the molecule is NC(=O)CCC(NC(=O)C(N)Cc1ccccc1)C(=O)NC(Cc1c[nH]c2ccccc12)C(=O)NC(CCC(=O)O)C(=O)O. The summed E-state index contributed by atoms with van der Waals surface area (Å²) >= 11 is 0. The molecule has 4 atom stereocenters. The molecule has 0 fully saturated rings. The van der Waals surface area contributed by atoms with Gasteiger partial charge in [-0.1, -0.05) is 48.5 Å². The minimum absolute atomic E-state index is 0.0864. The van der Waals surface area contributed by atoms with Gasteiger partial charge >= 0.3 is 11.9 Å². The number of nitrogens with two attached hydrogens (primary N) is 2. The first-order chi connectivity index (χ1) is 20.9. The molecule has 0 aliphatic heterocycles. The Morgan fingerprint density at radius 1 is 0.727 bits per heavy atom. The number of rotatable bonds is 17. The highest BCUT2D eigenvalue weighted by Crippen LogP contribution is 2.19. The molecule has 44 heavy (non-hydrogen) atoms. The summed E-state index contributed by atoms with van der Waals surface area (Å²) in [6.07, 6.45) is 0.379. The number of aromatic nitrogens is 1. The number of nitrogens with one attached hydrogen (secondary N) is 4. The van der Waals surface area contributed by atoms with Crippen molar-refractivity contribution in [3.05, 3.63) is 71.9 Å². The molecule has 14 nitrogen and oxygen atoms in total. The van der Waals surface area contributed by atoms with Gasteiger partial charge in [-0.25, -0.2) is 4.79 Å². The van der Waals surface area contributed by atoms with Crippen LogP contribution in [0.1, 0.15) is 36.8 Å². The Bertz CT molecular complexity index is 1490. The van der Waals surface area contributed by atoms with Crippen molar-refractivity contribution >= 4 is 46.5 Å². The Morgan fingerprint density at radius 3 is 1.98 bits per heavy atom. The Hall–Kier alpha value is -5.24. The Labute approximate surface area is 252 Å². The van der Waals surface area contributed by atoms with Crippen LogP contribution in [0.25, 0.3) is 10.9 Å². The standard InChI is InChI=1S/C30H36N6O8/c31-20(14-17-6-2-1-3-7-17)27(40)34-22(10-12-25(32)37)28(41)36-24(15-18-16-33-21-9-5-4-8-19(18)21)29(42)35-23(30(43)44)11-13-26(38)39/h1-9,16,20,22-24,33H,10-15,31H2,(H2,32,37)(H,34,40)(H,35,42)(H,36,41)(H,38,39)(H,43,44). The van der Waals surface area contributed by atoms with Crippen LogP contribution in [0, 0.1) is 0 Å². The first-order valence-corrected chi connectivity index (χ1v) is 13.9. The average molecular weight is 609 g/mol. The number of primary amides is 1. The highest BCUT2D eigenvalue weighted by molar-refractivity contribution is 5.95. The van der Waals surface area contributed by atoms with E-state index in [0.29, 0.717) is 5.56 Å². The van der Waals surface area contributed by atoms with Gasteiger partial charge in [-0.15, -0.1) is 0 Å². The molecule has 234 valence electrons. The Balaban J connectivity index is 1.83. The van der Waals surface area contributed by atoms with Gasteiger partial charge in [-0.05, 0) is 36.5 Å². The van der Waals surface area contributed by atoms with Crippen molar-refractivity contribution in [3.63, 3.8) is 0 Å². The predicted molar refractivity (Wildman–Crippen MR) is 159 cm³/mol. The van der Waals surface area contributed by atoms with Gasteiger partial charge in [0.05, 0.1) is 6.04 Å². The lowest BCUT2D eigenvalue weighted by Gasteiger charge is -2.25. The first-order valence-electron chi connectivity index (χ1n) is 13.9. The molecule has 4 amide bonds. The van der Waals surface area contributed by atoms with Crippen LogP contribution < -0.4 is 27.4 Å². The van der Waals surface area contributed by atoms with Crippen LogP contribution >= 0.6 is 0 Å². The van der Waals surface area contributed by atoms with E-state index in [9.17, 15) is 33.9 Å². The summed E-state index contributed by atoms with van der Waals surface area (Å²) < 4.78 is 0. The second-order valence-electron chi connectivity index (χ2n) is 10.3. The fourth-order valence-electron chi connectivity index (χ4n) is 4.59. The molecule has 0 spiro atoms. The summed E-state index contributed by atoms with van der Waals surface area (Å²) in [6.45, 7) is 0. The number of carboxylic acid groups (broad SMARTS) is 2. The lowest BCUT2D eigenvalue weighted by molar-refractivity contribution is -0.143. The molecule has 3 rings (SSSR count). The van der Waals surface area contributed by atoms with Crippen molar-refractivity contribution in [2.45, 2.75) is 62.7 Å². The van der Waals surface area contributed by atoms with Crippen LogP contribution in [0.5, 0.6) is 0 Å². The number of hydrogen-bond donors (Lipinski definition) is 8. The maximum Gasteiger partial charge on any atom is 0.326 e. The number of H-pyrrole nitrogens is 1. The van der Waals surface area contributed by atoms with E-state index < -0.39 is 66.2 Å². The number of carbonyl (C=O) groups is 6. The van der Waals surface area contributed by atoms with Gasteiger partial charge < -0.3 is 42.6 Å². The van der Waals surface area contributed by atoms with Crippen molar-refractivity contribution in [1.29, 1.82) is 0 Å². The molecule has 1 aromatic heterocycles. The van der Waals surface area contributed by atoms with Gasteiger partial charge in [0.1, 0.15) is 18.1 Å². The van der Waals surface area contributed by atoms with Crippen molar-refractivity contribution in [2.75, 3.05) is 0 Å². The molecular formula is C30H36N6O8. The lowest BCUT2D eigenvalue weighted by Crippen LogP contribution is -2.58. The van der Waals surface area contributed by atoms with E-state index in [2.05, 4.69) is 20.9 Å². The molecule has 1 heterocycles. The Morgan fingerprint density at radius 2 is 1.32 bits per heavy atom. The third-order valence-electron chi connectivity index (χ3n) is 6.94. The summed E-state index contributed by atoms with van der Waals surface area (Å²) in [7, 11) is 0. The van der Waals surface area contributed by atoms with Crippen molar-refractivity contribution < 1.29 is 39.0 Å². The molecular weight excluding hydrogens is 572 g/mol. The predicted octanol–water partition coefficient (Wildman–Crippen LogP) is -0.0503. The Kier molecular flexibility index (Phi) is 12.0. The fraction of sp³-hybridized carbons (Fsp3) is 0.333. The molecule has 0 saturated carbocycles. The smallest absolute Gasteiger partial charge is 0.326 e. The van der Waals surface area contributed by atoms with Crippen molar-refractivity contribution in [1.82, 2.24) is 20.9 Å². The lowest BCUT2D eigenvalue weighted by atomic mass is 10.0. The molecule has 14 heteroatoms. The van der Waals surface area contributed by atoms with E-state index in [1.54, 1.807) is 42.6 Å². The number of carbonyl (C=O) groups excluding carboxylic acids is 4. The summed E-state index contributed by atoms with van der Waals surface area (Å²) in [4.78, 5) is 77.2. The van der Waals surface area contributed by atoms with E-state index in [-0.39, 0.29) is 32.1 Å². The quantitative estimate of drug-likeness (QED) is 0.102. The molecule has 0 bridgehead atoms. The monoisotopic (exact) mass is 608 g/mol. The zero-order valence-electron chi connectivity index (χ0n) is 23.8. The third-order valence-corrected chi connectivity index (χ3v) is 6.94. The number of hydrogen-bond acceptors (Lipinski definition) is 7. The number of amides is 4. The highest BCUT2D eigenvalue weighted by Gasteiger charge is 2.31. The van der Waals surface area contributed by atoms with Crippen LogP contribution in [-0.2, 0) is 41.6 Å². The maximum atomic E-state index is 13.5. The number of fused-ring (bicyclic) bond motifs is 1. The second-order valence-corrected chi connectivity index (χ2v) is 10.3. The second kappa shape index (κ2) is 15.8. The summed E-state index contributed by atoms with van der Waals surface area (Å²) in [5, 5.41) is 26.7. The molecule has 4 unspecified atom stereocenters. The summed E-state index contributed by atoms with van der Waals surface area (Å²) in [5.41, 5.74) is 13.5. The molecule has 0 saturated heterocycles. The van der Waals surface area contributed by atoms with Gasteiger partial charge in [-0.3, -0.25) is 24.0 Å². The van der Waals surface area contributed by atoms with E-state index >= 15 is 0 Å². The molecule has 3 aromatic rings. The average Bonchev–Trinajstić information content (AvgIpc) is 3.39. The van der Waals surface area contributed by atoms with E-state index in [4.69, 9.17) is 16.6 Å². The minimum Gasteiger partial charge on any atom is -0.481 e. The summed E-state index contributed by atoms with van der Waals surface area (Å²) in [6, 6.07) is 11.0. The third kappa shape index (κ3) is 9.94. The first kappa shape index (κ1) is 33.3. The fourth-order valence-corrected chi connectivity index (χ4v) is 4.59. The van der Waals surface area contributed by atoms with Crippen molar-refractivity contribution in [3.8, 4) is 0 Å². The number of aliphatic carboxylic acids is 2. The van der Waals surface area contributed by atoms with Gasteiger partial charge in [0.25, 0.3) is 0 Å². The number of para-hydroxylation sites is 1. The van der Waals surface area contributed by atoms with Crippen LogP contribution in [0.15, 0.2) is 60.8 Å². The van der Waals surface area contributed by atoms with E-state index in [1.165, 1.54) is 0 Å². The topological polar surface area (TPSA) is 247 Å². The zero-order valence-corrected chi connectivity index (χ0v) is 23.8. The zero-order chi connectivity index (χ0) is 32.2. The normalized spacial score (nSPS) is 13.7. The van der Waals surface area contributed by atoms with Crippen LogP contribution in [0.4, 0.5) is 0 Å². The van der Waals surface area contributed by atoms with Gasteiger partial charge in [0.15, 0.2) is 0 Å². The molecule has 0 radical (unpaired) electrons. The minimum atomic E-state index is -1.54. The summed E-state index contributed by atoms with van der Waals surface area (Å²) in [5.74, 6) is -5.80. The number of benzene rings is 2. The van der Waals surface area contributed by atoms with Crippen LogP contribution in [0.2, 0.25) is 0 Å². The maximum absolute atomic E-state index is 13.5. The molecule has 2 aromatic carbocycles. The molecule has 0 aliphatic carbocycles. The molecule has 0 aliphatic rings. The molecule has 10 N–H and O–H groups in total.